The predicted octanol–water partition coefficient (Wildman–Crippen LogP) is -1.17. The lowest BCUT2D eigenvalue weighted by Gasteiger charge is -2.38. The van der Waals surface area contributed by atoms with Crippen LogP contribution in [0, 0.1) is 5.92 Å². The van der Waals surface area contributed by atoms with Gasteiger partial charge in [-0.3, -0.25) is 4.79 Å². The van der Waals surface area contributed by atoms with Gasteiger partial charge in [-0.15, -0.1) is 0 Å². The zero-order valence-corrected chi connectivity index (χ0v) is 13.6. The lowest BCUT2D eigenvalue weighted by atomic mass is 9.93. The molecule has 1 amide bonds. The maximum Gasteiger partial charge on any atom is 0.231 e. The Kier molecular flexibility index (Phi) is 5.85. The molecule has 2 N–H and O–H groups in total. The standard InChI is InChI=1S/C16H31N3O/c1-4-18(5-2)16(20)14-7-6-10-19(13-14)15-8-11-17(3)12-9-15/h14-15H,4-13H2,1-3H3/p+2/t14-/m1/s1. The minimum atomic E-state index is 0.283. The van der Waals surface area contributed by atoms with Crippen LogP contribution in [0.2, 0.25) is 0 Å². The van der Waals surface area contributed by atoms with Crippen molar-refractivity contribution < 1.29 is 14.6 Å². The van der Waals surface area contributed by atoms with Gasteiger partial charge in [-0.25, -0.2) is 0 Å². The number of carbonyl (C=O) groups excluding carboxylic acids is 1. The molecule has 0 aromatic rings. The molecule has 2 atom stereocenters. The Morgan fingerprint density at radius 2 is 1.75 bits per heavy atom. The van der Waals surface area contributed by atoms with Gasteiger partial charge in [-0.05, 0) is 26.7 Å². The van der Waals surface area contributed by atoms with Gasteiger partial charge in [-0.1, -0.05) is 0 Å². The van der Waals surface area contributed by atoms with Gasteiger partial charge in [0.2, 0.25) is 5.91 Å². The molecule has 2 aliphatic rings. The number of piperidine rings is 2. The second kappa shape index (κ2) is 7.41. The van der Waals surface area contributed by atoms with Crippen molar-refractivity contribution in [3.63, 3.8) is 0 Å². The van der Waals surface area contributed by atoms with E-state index >= 15 is 0 Å². The SMILES string of the molecule is CCN(CC)C(=O)[C@@H]1CCC[NH+](C2CC[NH+](C)CC2)C1. The lowest BCUT2D eigenvalue weighted by molar-refractivity contribution is -0.956. The van der Waals surface area contributed by atoms with Crippen LogP contribution in [-0.2, 0) is 4.79 Å². The highest BCUT2D eigenvalue weighted by atomic mass is 16.2. The molecular weight excluding hydrogens is 250 g/mol. The Balaban J connectivity index is 1.89. The first-order valence-corrected chi connectivity index (χ1v) is 8.60. The summed E-state index contributed by atoms with van der Waals surface area (Å²) in [5.74, 6) is 0.691. The normalized spacial score (nSPS) is 34.8. The third-order valence-corrected chi connectivity index (χ3v) is 5.40. The molecule has 4 nitrogen and oxygen atoms in total. The average molecular weight is 283 g/mol. The Labute approximate surface area is 124 Å². The third kappa shape index (κ3) is 3.73. The number of amides is 1. The summed E-state index contributed by atoms with van der Waals surface area (Å²) in [6.45, 7) is 10.9. The molecule has 1 unspecified atom stereocenters. The molecule has 2 heterocycles. The Morgan fingerprint density at radius 1 is 1.10 bits per heavy atom. The summed E-state index contributed by atoms with van der Waals surface area (Å²) in [6.07, 6.45) is 5.02. The first-order chi connectivity index (χ1) is 9.65. The highest BCUT2D eigenvalue weighted by Crippen LogP contribution is 2.12. The third-order valence-electron chi connectivity index (χ3n) is 5.40. The summed E-state index contributed by atoms with van der Waals surface area (Å²) in [5.41, 5.74) is 0. The van der Waals surface area contributed by atoms with Gasteiger partial charge in [0.15, 0.2) is 0 Å². The van der Waals surface area contributed by atoms with Crippen molar-refractivity contribution in [2.45, 2.75) is 45.6 Å². The van der Waals surface area contributed by atoms with Crippen LogP contribution in [-0.4, -0.2) is 63.2 Å². The molecule has 116 valence electrons. The molecule has 0 saturated carbocycles. The van der Waals surface area contributed by atoms with E-state index in [1.807, 2.05) is 4.90 Å². The van der Waals surface area contributed by atoms with Crippen LogP contribution in [0.1, 0.15) is 39.5 Å². The first kappa shape index (κ1) is 15.8. The average Bonchev–Trinajstić information content (AvgIpc) is 2.49. The fourth-order valence-corrected chi connectivity index (χ4v) is 3.99. The molecule has 2 fully saturated rings. The Morgan fingerprint density at radius 3 is 2.35 bits per heavy atom. The van der Waals surface area contributed by atoms with E-state index in [1.165, 1.54) is 38.9 Å². The number of nitrogens with one attached hydrogen (secondary N) is 2. The zero-order valence-electron chi connectivity index (χ0n) is 13.6. The van der Waals surface area contributed by atoms with Gasteiger partial charge in [0, 0.05) is 25.9 Å². The van der Waals surface area contributed by atoms with Crippen molar-refractivity contribution >= 4 is 5.91 Å². The summed E-state index contributed by atoms with van der Waals surface area (Å²) in [5, 5.41) is 0. The molecule has 0 bridgehead atoms. The minimum absolute atomic E-state index is 0.283. The van der Waals surface area contributed by atoms with Gasteiger partial charge in [0.1, 0.15) is 0 Å². The summed E-state index contributed by atoms with van der Waals surface area (Å²) in [7, 11) is 2.30. The number of carbonyl (C=O) groups is 1. The largest absolute Gasteiger partial charge is 0.343 e. The molecular formula is C16H33N3O+2. The predicted molar refractivity (Wildman–Crippen MR) is 81.0 cm³/mol. The van der Waals surface area contributed by atoms with Crippen LogP contribution in [0.3, 0.4) is 0 Å². The molecule has 2 rings (SSSR count). The molecule has 0 spiro atoms. The highest BCUT2D eigenvalue weighted by Gasteiger charge is 2.36. The lowest BCUT2D eigenvalue weighted by Crippen LogP contribution is -3.20. The summed E-state index contributed by atoms with van der Waals surface area (Å²) in [6, 6.07) is 0.811. The number of quaternary nitrogens is 2. The van der Waals surface area contributed by atoms with E-state index in [-0.39, 0.29) is 5.92 Å². The number of likely N-dealkylation sites (tertiary alicyclic amines) is 2. The minimum Gasteiger partial charge on any atom is -0.343 e. The van der Waals surface area contributed by atoms with Crippen molar-refractivity contribution in [2.75, 3.05) is 46.3 Å². The van der Waals surface area contributed by atoms with Gasteiger partial charge >= 0.3 is 0 Å². The van der Waals surface area contributed by atoms with E-state index in [0.717, 1.165) is 32.1 Å². The maximum atomic E-state index is 12.5. The van der Waals surface area contributed by atoms with Crippen LogP contribution in [0.15, 0.2) is 0 Å². The fraction of sp³-hybridized carbons (Fsp3) is 0.938. The molecule has 0 aliphatic carbocycles. The molecule has 4 heteroatoms. The molecule has 2 saturated heterocycles. The van der Waals surface area contributed by atoms with E-state index in [0.29, 0.717) is 5.91 Å². The van der Waals surface area contributed by atoms with Crippen molar-refractivity contribution in [1.82, 2.24) is 4.90 Å². The van der Waals surface area contributed by atoms with Crippen LogP contribution >= 0.6 is 0 Å². The number of hydrogen-bond donors (Lipinski definition) is 2. The van der Waals surface area contributed by atoms with Crippen LogP contribution in [0.25, 0.3) is 0 Å². The quantitative estimate of drug-likeness (QED) is 0.669. The topological polar surface area (TPSA) is 29.2 Å². The van der Waals surface area contributed by atoms with Gasteiger partial charge in [0.05, 0.1) is 45.2 Å². The van der Waals surface area contributed by atoms with Crippen molar-refractivity contribution in [1.29, 1.82) is 0 Å². The van der Waals surface area contributed by atoms with Crippen LogP contribution < -0.4 is 9.80 Å². The molecule has 20 heavy (non-hydrogen) atoms. The number of nitrogens with zero attached hydrogens (tertiary/aromatic N) is 1. The smallest absolute Gasteiger partial charge is 0.231 e. The fourth-order valence-electron chi connectivity index (χ4n) is 3.99. The second-order valence-corrected chi connectivity index (χ2v) is 6.69. The Bertz CT molecular complexity index is 309. The van der Waals surface area contributed by atoms with E-state index in [9.17, 15) is 4.79 Å². The summed E-state index contributed by atoms with van der Waals surface area (Å²) >= 11 is 0. The van der Waals surface area contributed by atoms with Gasteiger partial charge in [0.25, 0.3) is 0 Å². The molecule has 0 radical (unpaired) electrons. The van der Waals surface area contributed by atoms with E-state index < -0.39 is 0 Å². The summed E-state index contributed by atoms with van der Waals surface area (Å²) < 4.78 is 0. The number of hydrogen-bond acceptors (Lipinski definition) is 1. The molecule has 0 aromatic heterocycles. The Hall–Kier alpha value is -0.610. The van der Waals surface area contributed by atoms with E-state index in [4.69, 9.17) is 0 Å². The molecule has 2 aliphatic heterocycles. The monoisotopic (exact) mass is 283 g/mol. The van der Waals surface area contributed by atoms with E-state index in [2.05, 4.69) is 20.9 Å². The van der Waals surface area contributed by atoms with Crippen LogP contribution in [0.5, 0.6) is 0 Å². The molecule has 0 aromatic carbocycles. The first-order valence-electron chi connectivity index (χ1n) is 8.60. The van der Waals surface area contributed by atoms with E-state index in [1.54, 1.807) is 9.80 Å². The van der Waals surface area contributed by atoms with Crippen molar-refractivity contribution in [3.05, 3.63) is 0 Å². The van der Waals surface area contributed by atoms with Crippen molar-refractivity contribution in [2.24, 2.45) is 5.92 Å². The number of rotatable bonds is 4. The maximum absolute atomic E-state index is 12.5. The highest BCUT2D eigenvalue weighted by molar-refractivity contribution is 5.78. The summed E-state index contributed by atoms with van der Waals surface area (Å²) in [4.78, 5) is 18.0. The van der Waals surface area contributed by atoms with Gasteiger partial charge in [-0.2, -0.15) is 0 Å². The van der Waals surface area contributed by atoms with Crippen LogP contribution in [0.4, 0.5) is 0 Å². The zero-order chi connectivity index (χ0) is 14.5. The van der Waals surface area contributed by atoms with Gasteiger partial charge < -0.3 is 14.7 Å². The van der Waals surface area contributed by atoms with Crippen molar-refractivity contribution in [3.8, 4) is 0 Å². The second-order valence-electron chi connectivity index (χ2n) is 6.69.